The summed E-state index contributed by atoms with van der Waals surface area (Å²) < 4.78 is 0. The van der Waals surface area contributed by atoms with Gasteiger partial charge in [-0.05, 0) is 19.3 Å². The summed E-state index contributed by atoms with van der Waals surface area (Å²) in [7, 11) is 0. The van der Waals surface area contributed by atoms with Crippen LogP contribution in [0.1, 0.15) is 45.4 Å². The molecule has 0 heterocycles. The summed E-state index contributed by atoms with van der Waals surface area (Å²) in [5, 5.41) is 0. The molecule has 0 aromatic carbocycles. The van der Waals surface area contributed by atoms with E-state index in [1.165, 1.54) is 12.8 Å². The van der Waals surface area contributed by atoms with Gasteiger partial charge in [-0.2, -0.15) is 0 Å². The molecular weight excluding hydrogens is 148 g/mol. The monoisotopic (exact) mass is 166 g/mol. The van der Waals surface area contributed by atoms with Crippen LogP contribution < -0.4 is 0 Å². The van der Waals surface area contributed by atoms with E-state index < -0.39 is 0 Å². The number of hydrogen-bond donors (Lipinski definition) is 0. The van der Waals surface area contributed by atoms with Crippen LogP contribution in [0.4, 0.5) is 0 Å². The molecule has 0 bridgehead atoms. The van der Waals surface area contributed by atoms with Gasteiger partial charge in [0, 0.05) is 12.3 Å². The van der Waals surface area contributed by atoms with Crippen molar-refractivity contribution in [1.82, 2.24) is 0 Å². The lowest BCUT2D eigenvalue weighted by atomic mass is 10.1. The van der Waals surface area contributed by atoms with Crippen LogP contribution in [-0.4, -0.2) is 5.78 Å². The number of hydrogen-bond acceptors (Lipinski definition) is 1. The topological polar surface area (TPSA) is 17.1 Å². The van der Waals surface area contributed by atoms with Gasteiger partial charge in [0.2, 0.25) is 0 Å². The van der Waals surface area contributed by atoms with Gasteiger partial charge in [0.25, 0.3) is 0 Å². The van der Waals surface area contributed by atoms with Crippen LogP contribution in [-0.2, 0) is 4.79 Å². The summed E-state index contributed by atoms with van der Waals surface area (Å²) in [6, 6.07) is 0. The Hall–Kier alpha value is -0.590. The van der Waals surface area contributed by atoms with Crippen molar-refractivity contribution < 1.29 is 4.79 Å². The highest BCUT2D eigenvalue weighted by molar-refractivity contribution is 5.84. The second kappa shape index (κ2) is 5.13. The third kappa shape index (κ3) is 2.80. The molecule has 12 heavy (non-hydrogen) atoms. The van der Waals surface area contributed by atoms with E-state index in [1.54, 1.807) is 0 Å². The van der Waals surface area contributed by atoms with Gasteiger partial charge in [0.15, 0.2) is 0 Å². The fraction of sp³-hybridized carbons (Fsp3) is 0.727. The molecule has 1 fully saturated rings. The first-order chi connectivity index (χ1) is 5.84. The standard InChI is InChI=1S/C11H18O/c1-2-3-4-5-7-10-8-6-9-11(10)12/h5,7,10H,2-4,6,8-9H2,1H3/b7-5+/t10-/m1/s1. The minimum absolute atomic E-state index is 0.266. The summed E-state index contributed by atoms with van der Waals surface area (Å²) in [6.07, 6.45) is 10.9. The van der Waals surface area contributed by atoms with Crippen molar-refractivity contribution in [3.05, 3.63) is 12.2 Å². The first kappa shape index (κ1) is 9.50. The Morgan fingerprint density at radius 3 is 3.00 bits per heavy atom. The summed E-state index contributed by atoms with van der Waals surface area (Å²) >= 11 is 0. The van der Waals surface area contributed by atoms with Gasteiger partial charge in [-0.1, -0.05) is 31.9 Å². The zero-order chi connectivity index (χ0) is 8.81. The highest BCUT2D eigenvalue weighted by Gasteiger charge is 2.20. The lowest BCUT2D eigenvalue weighted by Crippen LogP contribution is -2.01. The number of rotatable bonds is 4. The number of ketones is 1. The maximum absolute atomic E-state index is 11.2. The molecular formula is C11H18O. The Labute approximate surface area is 74.9 Å². The van der Waals surface area contributed by atoms with Crippen LogP contribution in [0.5, 0.6) is 0 Å². The summed E-state index contributed by atoms with van der Waals surface area (Å²) in [6.45, 7) is 2.19. The van der Waals surface area contributed by atoms with Gasteiger partial charge in [-0.25, -0.2) is 0 Å². The van der Waals surface area contributed by atoms with E-state index >= 15 is 0 Å². The molecule has 1 saturated carbocycles. The number of Topliss-reactive ketones (excluding diaryl/α,β-unsaturated/α-hetero) is 1. The number of carbonyl (C=O) groups excluding carboxylic acids is 1. The molecule has 1 atom stereocenters. The molecule has 1 rings (SSSR count). The lowest BCUT2D eigenvalue weighted by molar-refractivity contribution is -0.119. The minimum Gasteiger partial charge on any atom is -0.299 e. The minimum atomic E-state index is 0.266. The predicted octanol–water partition coefficient (Wildman–Crippen LogP) is 3.10. The van der Waals surface area contributed by atoms with E-state index in [4.69, 9.17) is 0 Å². The van der Waals surface area contributed by atoms with Gasteiger partial charge in [0.05, 0.1) is 0 Å². The van der Waals surface area contributed by atoms with Gasteiger partial charge >= 0.3 is 0 Å². The van der Waals surface area contributed by atoms with Crippen molar-refractivity contribution in [2.75, 3.05) is 0 Å². The van der Waals surface area contributed by atoms with Gasteiger partial charge < -0.3 is 0 Å². The van der Waals surface area contributed by atoms with Gasteiger partial charge in [-0.3, -0.25) is 4.79 Å². The molecule has 0 aromatic heterocycles. The molecule has 1 nitrogen and oxygen atoms in total. The van der Waals surface area contributed by atoms with Crippen LogP contribution in [0.3, 0.4) is 0 Å². The van der Waals surface area contributed by atoms with Crippen LogP contribution in [0, 0.1) is 5.92 Å². The Morgan fingerprint density at radius 1 is 1.58 bits per heavy atom. The maximum Gasteiger partial charge on any atom is 0.139 e. The molecule has 0 N–H and O–H groups in total. The fourth-order valence-electron chi connectivity index (χ4n) is 1.63. The molecule has 0 amide bonds. The van der Waals surface area contributed by atoms with E-state index in [0.29, 0.717) is 5.78 Å². The summed E-state index contributed by atoms with van der Waals surface area (Å²) in [5.41, 5.74) is 0. The third-order valence-electron chi connectivity index (χ3n) is 2.44. The van der Waals surface area contributed by atoms with Gasteiger partial charge in [-0.15, -0.1) is 0 Å². The molecule has 0 aliphatic heterocycles. The van der Waals surface area contributed by atoms with Gasteiger partial charge in [0.1, 0.15) is 5.78 Å². The van der Waals surface area contributed by atoms with Crippen molar-refractivity contribution in [1.29, 1.82) is 0 Å². The summed E-state index contributed by atoms with van der Waals surface area (Å²) in [4.78, 5) is 11.2. The van der Waals surface area contributed by atoms with Crippen LogP contribution >= 0.6 is 0 Å². The van der Waals surface area contributed by atoms with E-state index in [1.807, 2.05) is 0 Å². The molecule has 0 radical (unpaired) electrons. The van der Waals surface area contributed by atoms with E-state index in [2.05, 4.69) is 19.1 Å². The Kier molecular flexibility index (Phi) is 4.06. The molecule has 0 spiro atoms. The predicted molar refractivity (Wildman–Crippen MR) is 51.0 cm³/mol. The summed E-state index contributed by atoms with van der Waals surface area (Å²) in [5.74, 6) is 0.713. The van der Waals surface area contributed by atoms with Crippen LogP contribution in [0.25, 0.3) is 0 Å². The van der Waals surface area contributed by atoms with Crippen LogP contribution in [0.15, 0.2) is 12.2 Å². The molecule has 0 unspecified atom stereocenters. The third-order valence-corrected chi connectivity index (χ3v) is 2.44. The Balaban J connectivity index is 2.20. The normalized spacial score (nSPS) is 24.1. The van der Waals surface area contributed by atoms with E-state index in [-0.39, 0.29) is 5.92 Å². The first-order valence-electron chi connectivity index (χ1n) is 5.04. The second-order valence-corrected chi connectivity index (χ2v) is 3.54. The molecule has 1 heteroatoms. The number of allylic oxidation sites excluding steroid dienone is 2. The second-order valence-electron chi connectivity index (χ2n) is 3.54. The molecule has 1 aliphatic rings. The van der Waals surface area contributed by atoms with Crippen molar-refractivity contribution in [2.45, 2.75) is 45.4 Å². The number of carbonyl (C=O) groups is 1. The average molecular weight is 166 g/mol. The highest BCUT2D eigenvalue weighted by Crippen LogP contribution is 2.22. The van der Waals surface area contributed by atoms with Crippen molar-refractivity contribution in [3.63, 3.8) is 0 Å². The molecule has 0 saturated heterocycles. The highest BCUT2D eigenvalue weighted by atomic mass is 16.1. The van der Waals surface area contributed by atoms with Crippen LogP contribution in [0.2, 0.25) is 0 Å². The Morgan fingerprint density at radius 2 is 2.42 bits per heavy atom. The first-order valence-corrected chi connectivity index (χ1v) is 5.04. The number of unbranched alkanes of at least 4 members (excludes halogenated alkanes) is 2. The maximum atomic E-state index is 11.2. The smallest absolute Gasteiger partial charge is 0.139 e. The molecule has 68 valence electrons. The molecule has 1 aliphatic carbocycles. The zero-order valence-electron chi connectivity index (χ0n) is 7.88. The average Bonchev–Trinajstić information content (AvgIpc) is 2.46. The van der Waals surface area contributed by atoms with Crippen molar-refractivity contribution in [3.8, 4) is 0 Å². The SMILES string of the molecule is CCCC/C=C/[C@@H]1CCCC1=O. The largest absolute Gasteiger partial charge is 0.299 e. The molecule has 0 aromatic rings. The van der Waals surface area contributed by atoms with E-state index in [0.717, 1.165) is 25.7 Å². The zero-order valence-corrected chi connectivity index (χ0v) is 7.88. The fourth-order valence-corrected chi connectivity index (χ4v) is 1.63. The lowest BCUT2D eigenvalue weighted by Gasteiger charge is -1.98. The van der Waals surface area contributed by atoms with Crippen molar-refractivity contribution >= 4 is 5.78 Å². The van der Waals surface area contributed by atoms with Crippen molar-refractivity contribution in [2.24, 2.45) is 5.92 Å². The van der Waals surface area contributed by atoms with E-state index in [9.17, 15) is 4.79 Å². The quantitative estimate of drug-likeness (QED) is 0.463. The Bertz CT molecular complexity index is 170.